The number of hydrogen-bond donors (Lipinski definition) is 1. The highest BCUT2D eigenvalue weighted by Crippen LogP contribution is 2.42. The second-order valence-electron chi connectivity index (χ2n) is 5.73. The van der Waals surface area contributed by atoms with Crippen molar-refractivity contribution >= 4 is 0 Å². The van der Waals surface area contributed by atoms with Crippen LogP contribution >= 0.6 is 0 Å². The van der Waals surface area contributed by atoms with Crippen molar-refractivity contribution in [3.05, 3.63) is 35.4 Å². The Morgan fingerprint density at radius 1 is 1.11 bits per heavy atom. The lowest BCUT2D eigenvalue weighted by Crippen LogP contribution is -2.38. The fourth-order valence-electron chi connectivity index (χ4n) is 2.96. The van der Waals surface area contributed by atoms with Gasteiger partial charge in [0.1, 0.15) is 0 Å². The Morgan fingerprint density at radius 3 is 2.50 bits per heavy atom. The summed E-state index contributed by atoms with van der Waals surface area (Å²) in [6, 6.07) is 10.0. The van der Waals surface area contributed by atoms with Crippen LogP contribution in [-0.2, 0) is 4.74 Å². The summed E-state index contributed by atoms with van der Waals surface area (Å²) >= 11 is 0. The van der Waals surface area contributed by atoms with E-state index in [0.717, 1.165) is 32.0 Å². The summed E-state index contributed by atoms with van der Waals surface area (Å²) in [5.74, 6) is 0.856. The zero-order valence-corrected chi connectivity index (χ0v) is 11.2. The first-order valence-corrected chi connectivity index (χ1v) is 7.24. The van der Waals surface area contributed by atoms with Crippen LogP contribution in [0.3, 0.4) is 0 Å². The van der Waals surface area contributed by atoms with Crippen molar-refractivity contribution in [2.24, 2.45) is 5.92 Å². The van der Waals surface area contributed by atoms with Crippen molar-refractivity contribution in [3.8, 4) is 0 Å². The Balaban J connectivity index is 1.73. The second kappa shape index (κ2) is 5.41. The average Bonchev–Trinajstić information content (AvgIpc) is 3.23. The van der Waals surface area contributed by atoms with Gasteiger partial charge < -0.3 is 10.1 Å². The smallest absolute Gasteiger partial charge is 0.0480 e. The molecule has 2 aliphatic rings. The molecule has 0 aromatic heterocycles. The van der Waals surface area contributed by atoms with Crippen LogP contribution in [-0.4, -0.2) is 19.3 Å². The molecule has 1 atom stereocenters. The van der Waals surface area contributed by atoms with Gasteiger partial charge in [-0.3, -0.25) is 0 Å². The van der Waals surface area contributed by atoms with E-state index in [9.17, 15) is 0 Å². The molecule has 0 radical (unpaired) electrons. The SMILES string of the molecule is Cc1ccccc1[C@H](NC1CCOCC1)C1CC1. The predicted molar refractivity (Wildman–Crippen MR) is 73.6 cm³/mol. The first-order chi connectivity index (χ1) is 8.84. The molecule has 2 fully saturated rings. The quantitative estimate of drug-likeness (QED) is 0.879. The van der Waals surface area contributed by atoms with Crippen molar-refractivity contribution in [2.45, 2.75) is 44.7 Å². The zero-order valence-electron chi connectivity index (χ0n) is 11.2. The molecule has 3 rings (SSSR count). The van der Waals surface area contributed by atoms with Gasteiger partial charge in [-0.2, -0.15) is 0 Å². The predicted octanol–water partition coefficient (Wildman–Crippen LogP) is 3.21. The van der Waals surface area contributed by atoms with Crippen LogP contribution < -0.4 is 5.32 Å². The molecule has 1 aliphatic heterocycles. The largest absolute Gasteiger partial charge is 0.381 e. The Hall–Kier alpha value is -0.860. The van der Waals surface area contributed by atoms with E-state index in [1.165, 1.54) is 24.0 Å². The van der Waals surface area contributed by atoms with E-state index < -0.39 is 0 Å². The van der Waals surface area contributed by atoms with Gasteiger partial charge in [0.25, 0.3) is 0 Å². The standard InChI is InChI=1S/C16H23NO/c1-12-4-2-3-5-15(12)16(13-6-7-13)17-14-8-10-18-11-9-14/h2-5,13-14,16-17H,6-11H2,1H3/t16-/m1/s1. The summed E-state index contributed by atoms with van der Waals surface area (Å²) in [6.07, 6.45) is 5.09. The van der Waals surface area contributed by atoms with E-state index >= 15 is 0 Å². The van der Waals surface area contributed by atoms with Crippen LogP contribution in [0.25, 0.3) is 0 Å². The van der Waals surface area contributed by atoms with Gasteiger partial charge in [-0.25, -0.2) is 0 Å². The zero-order chi connectivity index (χ0) is 12.4. The van der Waals surface area contributed by atoms with Crippen molar-refractivity contribution < 1.29 is 4.74 Å². The molecule has 1 N–H and O–H groups in total. The lowest BCUT2D eigenvalue weighted by atomic mass is 9.95. The average molecular weight is 245 g/mol. The Morgan fingerprint density at radius 2 is 1.83 bits per heavy atom. The van der Waals surface area contributed by atoms with Crippen molar-refractivity contribution in [3.63, 3.8) is 0 Å². The van der Waals surface area contributed by atoms with Gasteiger partial charge in [0, 0.05) is 25.3 Å². The summed E-state index contributed by atoms with van der Waals surface area (Å²) in [6.45, 7) is 4.07. The first-order valence-electron chi connectivity index (χ1n) is 7.24. The number of rotatable bonds is 4. The Bertz CT molecular complexity index is 394. The van der Waals surface area contributed by atoms with Gasteiger partial charge in [0.15, 0.2) is 0 Å². The molecule has 0 unspecified atom stereocenters. The molecule has 98 valence electrons. The molecule has 1 heterocycles. The Kier molecular flexibility index (Phi) is 3.67. The van der Waals surface area contributed by atoms with Crippen LogP contribution in [0.2, 0.25) is 0 Å². The summed E-state index contributed by atoms with van der Waals surface area (Å²) < 4.78 is 5.45. The van der Waals surface area contributed by atoms with E-state index in [0.29, 0.717) is 12.1 Å². The fraction of sp³-hybridized carbons (Fsp3) is 0.625. The molecule has 1 saturated carbocycles. The highest BCUT2D eigenvalue weighted by molar-refractivity contribution is 5.30. The van der Waals surface area contributed by atoms with E-state index in [1.54, 1.807) is 0 Å². The van der Waals surface area contributed by atoms with Gasteiger partial charge in [-0.1, -0.05) is 24.3 Å². The molecular weight excluding hydrogens is 222 g/mol. The second-order valence-corrected chi connectivity index (χ2v) is 5.73. The highest BCUT2D eigenvalue weighted by atomic mass is 16.5. The molecular formula is C16H23NO. The van der Waals surface area contributed by atoms with Crippen molar-refractivity contribution in [1.29, 1.82) is 0 Å². The Labute approximate surface area is 110 Å². The van der Waals surface area contributed by atoms with Gasteiger partial charge in [-0.15, -0.1) is 0 Å². The van der Waals surface area contributed by atoms with E-state index in [4.69, 9.17) is 4.74 Å². The third-order valence-corrected chi connectivity index (χ3v) is 4.25. The van der Waals surface area contributed by atoms with Crippen molar-refractivity contribution in [2.75, 3.05) is 13.2 Å². The van der Waals surface area contributed by atoms with E-state index in [-0.39, 0.29) is 0 Å². The number of aryl methyl sites for hydroxylation is 1. The molecule has 18 heavy (non-hydrogen) atoms. The molecule has 0 bridgehead atoms. The number of ether oxygens (including phenoxy) is 1. The van der Waals surface area contributed by atoms with Gasteiger partial charge in [-0.05, 0) is 49.7 Å². The van der Waals surface area contributed by atoms with Crippen LogP contribution in [0.4, 0.5) is 0 Å². The molecule has 0 amide bonds. The number of hydrogen-bond acceptors (Lipinski definition) is 2. The summed E-state index contributed by atoms with van der Waals surface area (Å²) in [5, 5.41) is 3.90. The summed E-state index contributed by atoms with van der Waals surface area (Å²) in [5.41, 5.74) is 2.93. The lowest BCUT2D eigenvalue weighted by Gasteiger charge is -2.29. The minimum atomic E-state index is 0.564. The van der Waals surface area contributed by atoms with Gasteiger partial charge in [0.2, 0.25) is 0 Å². The monoisotopic (exact) mass is 245 g/mol. The van der Waals surface area contributed by atoms with Gasteiger partial charge >= 0.3 is 0 Å². The molecule has 2 heteroatoms. The minimum Gasteiger partial charge on any atom is -0.381 e. The van der Waals surface area contributed by atoms with Crippen LogP contribution in [0.1, 0.15) is 42.9 Å². The molecule has 1 saturated heterocycles. The number of nitrogens with one attached hydrogen (secondary N) is 1. The third kappa shape index (κ3) is 2.76. The van der Waals surface area contributed by atoms with E-state index in [2.05, 4.69) is 36.5 Å². The molecule has 0 spiro atoms. The normalized spacial score (nSPS) is 22.9. The van der Waals surface area contributed by atoms with Crippen LogP contribution in [0, 0.1) is 12.8 Å². The van der Waals surface area contributed by atoms with Crippen LogP contribution in [0.15, 0.2) is 24.3 Å². The van der Waals surface area contributed by atoms with E-state index in [1.807, 2.05) is 0 Å². The first kappa shape index (κ1) is 12.2. The maximum atomic E-state index is 5.45. The maximum absolute atomic E-state index is 5.45. The topological polar surface area (TPSA) is 21.3 Å². The summed E-state index contributed by atoms with van der Waals surface area (Å²) in [4.78, 5) is 0. The number of benzene rings is 1. The van der Waals surface area contributed by atoms with Crippen molar-refractivity contribution in [1.82, 2.24) is 5.32 Å². The third-order valence-electron chi connectivity index (χ3n) is 4.25. The minimum absolute atomic E-state index is 0.564. The molecule has 2 nitrogen and oxygen atoms in total. The van der Waals surface area contributed by atoms with Gasteiger partial charge in [0.05, 0.1) is 0 Å². The highest BCUT2D eigenvalue weighted by Gasteiger charge is 2.34. The molecule has 1 aliphatic carbocycles. The molecule has 1 aromatic carbocycles. The fourth-order valence-corrected chi connectivity index (χ4v) is 2.96. The summed E-state index contributed by atoms with van der Waals surface area (Å²) in [7, 11) is 0. The lowest BCUT2D eigenvalue weighted by molar-refractivity contribution is 0.0739. The van der Waals surface area contributed by atoms with Crippen LogP contribution in [0.5, 0.6) is 0 Å². The molecule has 1 aromatic rings. The maximum Gasteiger partial charge on any atom is 0.0480 e.